The number of benzene rings is 1. The van der Waals surface area contributed by atoms with Crippen LogP contribution in [-0.4, -0.2) is 30.4 Å². The van der Waals surface area contributed by atoms with Crippen molar-refractivity contribution < 1.29 is 4.79 Å². The Hall–Kier alpha value is -1.39. The Morgan fingerprint density at radius 3 is 2.78 bits per heavy atom. The molecule has 1 spiro atoms. The van der Waals surface area contributed by atoms with Gasteiger partial charge in [-0.3, -0.25) is 9.79 Å². The molecular weight excluding hydrogens is 250 g/mol. The van der Waals surface area contributed by atoms with E-state index in [-0.39, 0.29) is 5.91 Å². The summed E-state index contributed by atoms with van der Waals surface area (Å²) < 4.78 is 0. The number of nitrogens with zero attached hydrogens (tertiary/aromatic N) is 1. The van der Waals surface area contributed by atoms with Crippen LogP contribution in [0.1, 0.15) is 18.4 Å². The maximum Gasteiger partial charge on any atom is 0.272 e. The van der Waals surface area contributed by atoms with E-state index in [4.69, 9.17) is 11.6 Å². The number of piperidine rings is 1. The molecule has 94 valence electrons. The molecule has 2 heterocycles. The molecule has 18 heavy (non-hydrogen) atoms. The second-order valence-electron chi connectivity index (χ2n) is 4.71. The molecule has 3 rings (SSSR count). The molecule has 0 bridgehead atoms. The van der Waals surface area contributed by atoms with E-state index in [0.717, 1.165) is 31.5 Å². The number of nitrogens with one attached hydrogen (secondary N) is 2. The highest BCUT2D eigenvalue weighted by Crippen LogP contribution is 2.26. The lowest BCUT2D eigenvalue weighted by Gasteiger charge is -2.30. The first-order valence-corrected chi connectivity index (χ1v) is 6.45. The lowest BCUT2D eigenvalue weighted by Crippen LogP contribution is -2.49. The number of aliphatic imine (C=N–C) groups is 1. The van der Waals surface area contributed by atoms with Gasteiger partial charge in [0.15, 0.2) is 0 Å². The third-order valence-corrected chi connectivity index (χ3v) is 3.65. The Morgan fingerprint density at radius 2 is 2.06 bits per heavy atom. The summed E-state index contributed by atoms with van der Waals surface area (Å²) in [4.78, 5) is 16.7. The number of carbonyl (C=O) groups excluding carboxylic acids is 1. The molecular formula is C13H14ClN3O. The average Bonchev–Trinajstić information content (AvgIpc) is 2.67. The molecule has 1 saturated heterocycles. The van der Waals surface area contributed by atoms with E-state index in [1.165, 1.54) is 0 Å². The zero-order chi connectivity index (χ0) is 12.6. The standard InChI is InChI=1S/C13H14ClN3O/c14-10-3-1-2-9(8-10)11-12(18)17-13(16-11)4-6-15-7-5-13/h1-3,8,15H,4-7H2,(H,17,18). The van der Waals surface area contributed by atoms with E-state index in [1.54, 1.807) is 12.1 Å². The molecule has 0 atom stereocenters. The molecule has 0 aliphatic carbocycles. The van der Waals surface area contributed by atoms with E-state index in [0.29, 0.717) is 10.7 Å². The van der Waals surface area contributed by atoms with Gasteiger partial charge in [0, 0.05) is 23.4 Å². The van der Waals surface area contributed by atoms with Crippen LogP contribution in [0, 0.1) is 0 Å². The van der Waals surface area contributed by atoms with E-state index < -0.39 is 5.66 Å². The normalized spacial score (nSPS) is 21.8. The monoisotopic (exact) mass is 263 g/mol. The molecule has 1 aromatic rings. The maximum atomic E-state index is 12.1. The zero-order valence-corrected chi connectivity index (χ0v) is 10.6. The molecule has 0 unspecified atom stereocenters. The van der Waals surface area contributed by atoms with Crippen LogP contribution < -0.4 is 10.6 Å². The van der Waals surface area contributed by atoms with Gasteiger partial charge >= 0.3 is 0 Å². The fraction of sp³-hybridized carbons (Fsp3) is 0.385. The van der Waals surface area contributed by atoms with Crippen LogP contribution in [-0.2, 0) is 4.79 Å². The van der Waals surface area contributed by atoms with Crippen LogP contribution in [0.5, 0.6) is 0 Å². The Bertz CT molecular complexity index is 521. The van der Waals surface area contributed by atoms with Gasteiger partial charge in [0.05, 0.1) is 0 Å². The second-order valence-corrected chi connectivity index (χ2v) is 5.14. The smallest absolute Gasteiger partial charge is 0.272 e. The summed E-state index contributed by atoms with van der Waals surface area (Å²) in [7, 11) is 0. The van der Waals surface area contributed by atoms with Crippen LogP contribution in [0.2, 0.25) is 5.02 Å². The molecule has 2 aliphatic heterocycles. The van der Waals surface area contributed by atoms with Crippen LogP contribution in [0.3, 0.4) is 0 Å². The van der Waals surface area contributed by atoms with Crippen molar-refractivity contribution in [2.75, 3.05) is 13.1 Å². The number of halogens is 1. The lowest BCUT2D eigenvalue weighted by molar-refractivity contribution is -0.115. The van der Waals surface area contributed by atoms with Crippen molar-refractivity contribution in [2.24, 2.45) is 4.99 Å². The van der Waals surface area contributed by atoms with Crippen molar-refractivity contribution in [3.05, 3.63) is 34.9 Å². The summed E-state index contributed by atoms with van der Waals surface area (Å²) in [5, 5.41) is 6.90. The minimum atomic E-state index is -0.403. The van der Waals surface area contributed by atoms with Gasteiger partial charge in [0.1, 0.15) is 11.4 Å². The second kappa shape index (κ2) is 4.37. The summed E-state index contributed by atoms with van der Waals surface area (Å²) in [5.41, 5.74) is 0.884. The van der Waals surface area contributed by atoms with Crippen LogP contribution >= 0.6 is 11.6 Å². The largest absolute Gasteiger partial charge is 0.326 e. The van der Waals surface area contributed by atoms with Gasteiger partial charge in [0.25, 0.3) is 5.91 Å². The van der Waals surface area contributed by atoms with E-state index in [2.05, 4.69) is 15.6 Å². The first-order chi connectivity index (χ1) is 8.69. The number of hydrogen-bond donors (Lipinski definition) is 2. The Balaban J connectivity index is 1.96. The molecule has 0 radical (unpaired) electrons. The summed E-state index contributed by atoms with van der Waals surface area (Å²) in [6.07, 6.45) is 1.67. The van der Waals surface area contributed by atoms with Crippen LogP contribution in [0.15, 0.2) is 29.3 Å². The molecule has 2 aliphatic rings. The van der Waals surface area contributed by atoms with Gasteiger partial charge in [-0.05, 0) is 25.2 Å². The first kappa shape index (κ1) is 11.7. The molecule has 4 nitrogen and oxygen atoms in total. The highest BCUT2D eigenvalue weighted by molar-refractivity contribution is 6.47. The van der Waals surface area contributed by atoms with Gasteiger partial charge in [-0.15, -0.1) is 0 Å². The van der Waals surface area contributed by atoms with E-state index >= 15 is 0 Å². The number of rotatable bonds is 1. The fourth-order valence-corrected chi connectivity index (χ4v) is 2.66. The van der Waals surface area contributed by atoms with Gasteiger partial charge in [0.2, 0.25) is 0 Å². The predicted molar refractivity (Wildman–Crippen MR) is 71.0 cm³/mol. The number of amides is 1. The summed E-state index contributed by atoms with van der Waals surface area (Å²) in [5.74, 6) is -0.0980. The third kappa shape index (κ3) is 2.02. The average molecular weight is 264 g/mol. The highest BCUT2D eigenvalue weighted by atomic mass is 35.5. The van der Waals surface area contributed by atoms with Gasteiger partial charge in [-0.1, -0.05) is 23.7 Å². The SMILES string of the molecule is O=C1NC2(CCNCC2)N=C1c1cccc(Cl)c1. The number of carbonyl (C=O) groups is 1. The molecule has 0 saturated carbocycles. The molecule has 5 heteroatoms. The summed E-state index contributed by atoms with van der Waals surface area (Å²) in [6.45, 7) is 1.76. The van der Waals surface area contributed by atoms with Crippen molar-refractivity contribution in [3.8, 4) is 0 Å². The minimum Gasteiger partial charge on any atom is -0.326 e. The number of hydrogen-bond acceptors (Lipinski definition) is 3. The van der Waals surface area contributed by atoms with Crippen molar-refractivity contribution in [2.45, 2.75) is 18.5 Å². The highest BCUT2D eigenvalue weighted by Gasteiger charge is 2.40. The zero-order valence-electron chi connectivity index (χ0n) is 9.87. The quantitative estimate of drug-likeness (QED) is 0.803. The molecule has 1 amide bonds. The maximum absolute atomic E-state index is 12.1. The van der Waals surface area contributed by atoms with Crippen LogP contribution in [0.25, 0.3) is 0 Å². The topological polar surface area (TPSA) is 53.5 Å². The third-order valence-electron chi connectivity index (χ3n) is 3.42. The molecule has 1 aromatic carbocycles. The fourth-order valence-electron chi connectivity index (χ4n) is 2.47. The van der Waals surface area contributed by atoms with E-state index in [1.807, 2.05) is 12.1 Å². The Labute approximate surface area is 110 Å². The van der Waals surface area contributed by atoms with Crippen molar-refractivity contribution in [1.82, 2.24) is 10.6 Å². The van der Waals surface area contributed by atoms with Crippen molar-refractivity contribution >= 4 is 23.2 Å². The predicted octanol–water partition coefficient (Wildman–Crippen LogP) is 1.34. The Morgan fingerprint density at radius 1 is 1.28 bits per heavy atom. The van der Waals surface area contributed by atoms with Crippen molar-refractivity contribution in [1.29, 1.82) is 0 Å². The first-order valence-electron chi connectivity index (χ1n) is 6.08. The molecule has 1 fully saturated rings. The Kier molecular flexibility index (Phi) is 2.84. The van der Waals surface area contributed by atoms with Gasteiger partial charge < -0.3 is 10.6 Å². The van der Waals surface area contributed by atoms with Crippen LogP contribution in [0.4, 0.5) is 0 Å². The van der Waals surface area contributed by atoms with Gasteiger partial charge in [-0.25, -0.2) is 0 Å². The minimum absolute atomic E-state index is 0.0980. The van der Waals surface area contributed by atoms with E-state index in [9.17, 15) is 4.79 Å². The summed E-state index contributed by atoms with van der Waals surface area (Å²) >= 11 is 5.95. The van der Waals surface area contributed by atoms with Crippen molar-refractivity contribution in [3.63, 3.8) is 0 Å². The molecule has 2 N–H and O–H groups in total. The summed E-state index contributed by atoms with van der Waals surface area (Å²) in [6, 6.07) is 7.27. The lowest BCUT2D eigenvalue weighted by atomic mass is 10.00. The molecule has 0 aromatic heterocycles. The van der Waals surface area contributed by atoms with Gasteiger partial charge in [-0.2, -0.15) is 0 Å².